The Morgan fingerprint density at radius 2 is 1.94 bits per heavy atom. The molecule has 0 bridgehead atoms. The molecular weight excluding hydrogens is 222 g/mol. The third-order valence-corrected chi connectivity index (χ3v) is 2.22. The summed E-state index contributed by atoms with van der Waals surface area (Å²) >= 11 is 0. The number of pyridine rings is 1. The van der Waals surface area contributed by atoms with Gasteiger partial charge in [-0.25, -0.2) is 9.48 Å². The highest BCUT2D eigenvalue weighted by Crippen LogP contribution is 1.98. The Morgan fingerprint density at radius 1 is 1.24 bits per heavy atom. The van der Waals surface area contributed by atoms with Crippen LogP contribution in [0.25, 0.3) is 0 Å². The van der Waals surface area contributed by atoms with E-state index < -0.39 is 11.5 Å². The van der Waals surface area contributed by atoms with Crippen LogP contribution in [-0.2, 0) is 6.54 Å². The van der Waals surface area contributed by atoms with Gasteiger partial charge in [-0.15, -0.1) is 0 Å². The van der Waals surface area contributed by atoms with Crippen LogP contribution < -0.4 is 5.56 Å². The Labute approximate surface area is 96.2 Å². The Morgan fingerprint density at radius 3 is 2.59 bits per heavy atom. The lowest BCUT2D eigenvalue weighted by atomic mass is 10.2. The van der Waals surface area contributed by atoms with Crippen LogP contribution in [-0.4, -0.2) is 25.8 Å². The molecule has 1 N–H and O–H groups in total. The quantitative estimate of drug-likeness (QED) is 0.825. The van der Waals surface area contributed by atoms with Crippen LogP contribution in [0.15, 0.2) is 41.6 Å². The maximum Gasteiger partial charge on any atom is 0.341 e. The topological polar surface area (TPSA) is 85.1 Å². The zero-order valence-corrected chi connectivity index (χ0v) is 8.78. The van der Waals surface area contributed by atoms with Gasteiger partial charge in [-0.3, -0.25) is 9.78 Å². The summed E-state index contributed by atoms with van der Waals surface area (Å²) in [5.74, 6) is -1.25. The first-order valence-corrected chi connectivity index (χ1v) is 4.87. The van der Waals surface area contributed by atoms with Gasteiger partial charge >= 0.3 is 5.97 Å². The SMILES string of the molecule is O=C(O)c1ccnn(Cc2ccncc2)c1=O. The third-order valence-electron chi connectivity index (χ3n) is 2.22. The van der Waals surface area contributed by atoms with Gasteiger partial charge in [0.2, 0.25) is 0 Å². The molecule has 0 radical (unpaired) electrons. The molecule has 0 amide bonds. The number of carbonyl (C=O) groups is 1. The number of rotatable bonds is 3. The first-order chi connectivity index (χ1) is 8.18. The van der Waals surface area contributed by atoms with Gasteiger partial charge in [-0.2, -0.15) is 5.10 Å². The molecule has 6 heteroatoms. The predicted octanol–water partition coefficient (Wildman–Crippen LogP) is 0.385. The Kier molecular flexibility index (Phi) is 2.95. The molecule has 0 unspecified atom stereocenters. The number of hydrogen-bond donors (Lipinski definition) is 1. The van der Waals surface area contributed by atoms with Gasteiger partial charge in [0.25, 0.3) is 5.56 Å². The number of aromatic carboxylic acids is 1. The number of aromatic nitrogens is 3. The van der Waals surface area contributed by atoms with Crippen molar-refractivity contribution in [3.05, 3.63) is 58.3 Å². The molecule has 86 valence electrons. The molecule has 0 spiro atoms. The molecule has 17 heavy (non-hydrogen) atoms. The minimum Gasteiger partial charge on any atom is -0.477 e. The molecule has 2 heterocycles. The van der Waals surface area contributed by atoms with E-state index in [9.17, 15) is 9.59 Å². The Hall–Kier alpha value is -2.50. The average Bonchev–Trinajstić information content (AvgIpc) is 2.33. The van der Waals surface area contributed by atoms with Crippen molar-refractivity contribution < 1.29 is 9.90 Å². The fourth-order valence-electron chi connectivity index (χ4n) is 1.39. The first kappa shape index (κ1) is 11.0. The van der Waals surface area contributed by atoms with Crippen LogP contribution in [0.1, 0.15) is 15.9 Å². The van der Waals surface area contributed by atoms with Gasteiger partial charge in [0.1, 0.15) is 5.56 Å². The van der Waals surface area contributed by atoms with Crippen molar-refractivity contribution in [1.82, 2.24) is 14.8 Å². The van der Waals surface area contributed by atoms with Crippen molar-refractivity contribution in [3.63, 3.8) is 0 Å². The monoisotopic (exact) mass is 231 g/mol. The molecule has 2 aromatic rings. The maximum absolute atomic E-state index is 11.7. The molecule has 0 saturated heterocycles. The molecular formula is C11H9N3O3. The molecule has 2 aromatic heterocycles. The minimum atomic E-state index is -1.25. The van der Waals surface area contributed by atoms with Gasteiger partial charge in [-0.1, -0.05) is 0 Å². The molecule has 0 atom stereocenters. The van der Waals surface area contributed by atoms with E-state index in [1.54, 1.807) is 24.5 Å². The average molecular weight is 231 g/mol. The lowest BCUT2D eigenvalue weighted by Crippen LogP contribution is -2.28. The number of carboxylic acids is 1. The zero-order valence-electron chi connectivity index (χ0n) is 8.78. The summed E-state index contributed by atoms with van der Waals surface area (Å²) in [5.41, 5.74) is -0.0667. The van der Waals surface area contributed by atoms with Crippen molar-refractivity contribution in [1.29, 1.82) is 0 Å². The van der Waals surface area contributed by atoms with Crippen molar-refractivity contribution in [2.75, 3.05) is 0 Å². The lowest BCUT2D eigenvalue weighted by Gasteiger charge is -2.04. The highest BCUT2D eigenvalue weighted by atomic mass is 16.4. The smallest absolute Gasteiger partial charge is 0.341 e. The van der Waals surface area contributed by atoms with Crippen LogP contribution >= 0.6 is 0 Å². The van der Waals surface area contributed by atoms with Gasteiger partial charge in [-0.05, 0) is 23.8 Å². The molecule has 0 aliphatic carbocycles. The second kappa shape index (κ2) is 4.56. The van der Waals surface area contributed by atoms with Crippen molar-refractivity contribution in [3.8, 4) is 0 Å². The summed E-state index contributed by atoms with van der Waals surface area (Å²) in [6, 6.07) is 4.66. The number of nitrogens with zero attached hydrogens (tertiary/aromatic N) is 3. The van der Waals surface area contributed by atoms with Crippen LogP contribution in [0.4, 0.5) is 0 Å². The van der Waals surface area contributed by atoms with Crippen molar-refractivity contribution in [2.45, 2.75) is 6.54 Å². The molecule has 0 aliphatic heterocycles. The predicted molar refractivity (Wildman–Crippen MR) is 58.8 cm³/mol. The van der Waals surface area contributed by atoms with E-state index >= 15 is 0 Å². The fraction of sp³-hybridized carbons (Fsp3) is 0.0909. The van der Waals surface area contributed by atoms with Crippen LogP contribution in [0.2, 0.25) is 0 Å². The fourth-order valence-corrected chi connectivity index (χ4v) is 1.39. The van der Waals surface area contributed by atoms with Gasteiger partial charge < -0.3 is 5.11 Å². The summed E-state index contributed by atoms with van der Waals surface area (Å²) < 4.78 is 1.11. The molecule has 6 nitrogen and oxygen atoms in total. The first-order valence-electron chi connectivity index (χ1n) is 4.87. The van der Waals surface area contributed by atoms with E-state index in [1.165, 1.54) is 12.3 Å². The van der Waals surface area contributed by atoms with Crippen LogP contribution in [0, 0.1) is 0 Å². The highest BCUT2D eigenvalue weighted by Gasteiger charge is 2.10. The summed E-state index contributed by atoms with van der Waals surface area (Å²) in [7, 11) is 0. The number of carboxylic acid groups (broad SMARTS) is 1. The second-order valence-corrected chi connectivity index (χ2v) is 3.37. The Balaban J connectivity index is 2.38. The molecule has 2 rings (SSSR count). The maximum atomic E-state index is 11.7. The van der Waals surface area contributed by atoms with Gasteiger partial charge in [0.05, 0.1) is 6.54 Å². The van der Waals surface area contributed by atoms with E-state index in [0.29, 0.717) is 0 Å². The van der Waals surface area contributed by atoms with E-state index in [-0.39, 0.29) is 12.1 Å². The summed E-state index contributed by atoms with van der Waals surface area (Å²) in [4.78, 5) is 26.3. The third kappa shape index (κ3) is 2.36. The standard InChI is InChI=1S/C11H9N3O3/c15-10-9(11(16)17)3-6-13-14(10)7-8-1-4-12-5-2-8/h1-6H,7H2,(H,16,17). The van der Waals surface area contributed by atoms with Crippen LogP contribution in [0.3, 0.4) is 0 Å². The summed E-state index contributed by atoms with van der Waals surface area (Å²) in [6.45, 7) is 0.225. The molecule has 0 saturated carbocycles. The zero-order chi connectivity index (χ0) is 12.3. The molecule has 0 fully saturated rings. The molecule has 0 aromatic carbocycles. The van der Waals surface area contributed by atoms with E-state index in [0.717, 1.165) is 10.2 Å². The summed E-state index contributed by atoms with van der Waals surface area (Å²) in [5, 5.41) is 12.6. The van der Waals surface area contributed by atoms with Crippen molar-refractivity contribution >= 4 is 5.97 Å². The minimum absolute atomic E-state index is 0.225. The van der Waals surface area contributed by atoms with Gasteiger partial charge in [0, 0.05) is 18.6 Å². The van der Waals surface area contributed by atoms with E-state index in [2.05, 4.69) is 10.1 Å². The van der Waals surface area contributed by atoms with Gasteiger partial charge in [0.15, 0.2) is 0 Å². The van der Waals surface area contributed by atoms with E-state index in [4.69, 9.17) is 5.11 Å². The second-order valence-electron chi connectivity index (χ2n) is 3.37. The van der Waals surface area contributed by atoms with Crippen molar-refractivity contribution in [2.24, 2.45) is 0 Å². The highest BCUT2D eigenvalue weighted by molar-refractivity contribution is 5.86. The normalized spacial score (nSPS) is 10.1. The number of hydrogen-bond acceptors (Lipinski definition) is 4. The molecule has 0 aliphatic rings. The largest absolute Gasteiger partial charge is 0.477 e. The summed E-state index contributed by atoms with van der Waals surface area (Å²) in [6.07, 6.45) is 4.49. The van der Waals surface area contributed by atoms with Crippen LogP contribution in [0.5, 0.6) is 0 Å². The lowest BCUT2D eigenvalue weighted by molar-refractivity contribution is 0.0693. The Bertz CT molecular complexity index is 592. The van der Waals surface area contributed by atoms with E-state index in [1.807, 2.05) is 0 Å².